The zero-order chi connectivity index (χ0) is 13.3. The lowest BCUT2D eigenvalue weighted by molar-refractivity contribution is 1.26. The highest BCUT2D eigenvalue weighted by molar-refractivity contribution is 8.32. The average Bonchev–Trinajstić information content (AvgIpc) is 2.33. The average molecular weight is 258 g/mol. The minimum Gasteiger partial charge on any atom is -0.194 e. The first-order valence-electron chi connectivity index (χ1n) is 6.28. The van der Waals surface area contributed by atoms with Gasteiger partial charge in [-0.3, -0.25) is 0 Å². The van der Waals surface area contributed by atoms with Crippen molar-refractivity contribution in [3.05, 3.63) is 59.2 Å². The summed E-state index contributed by atoms with van der Waals surface area (Å²) < 4.78 is 0. The van der Waals surface area contributed by atoms with Crippen molar-refractivity contribution in [1.29, 1.82) is 0 Å². The molecule has 18 heavy (non-hydrogen) atoms. The van der Waals surface area contributed by atoms with Crippen LogP contribution in [0.4, 0.5) is 0 Å². The Balaban J connectivity index is 2.46. The Morgan fingerprint density at radius 1 is 0.667 bits per heavy atom. The topological polar surface area (TPSA) is 0 Å². The van der Waals surface area contributed by atoms with Crippen LogP contribution in [0.3, 0.4) is 0 Å². The molecule has 0 aliphatic rings. The molecule has 0 aromatic heterocycles. The normalized spacial score (nSPS) is 12.5. The lowest BCUT2D eigenvalue weighted by Crippen LogP contribution is -1.98. The lowest BCUT2D eigenvalue weighted by atomic mass is 10.1. The summed E-state index contributed by atoms with van der Waals surface area (Å²) in [5.41, 5.74) is 4.09. The van der Waals surface area contributed by atoms with Crippen LogP contribution in [0.2, 0.25) is 0 Å². The van der Waals surface area contributed by atoms with Crippen LogP contribution >= 0.6 is 10.0 Å². The van der Waals surface area contributed by atoms with Gasteiger partial charge in [-0.2, -0.15) is 10.0 Å². The van der Waals surface area contributed by atoms with Crippen LogP contribution < -0.4 is 0 Å². The van der Waals surface area contributed by atoms with Gasteiger partial charge in [0.1, 0.15) is 0 Å². The standard InChI is InChI=1S/C17H22S/c1-13-6-9-16(10-7-13)18(4,5)17-11-8-14(2)15(3)12-17/h6-12H,1-5H3. The maximum absolute atomic E-state index is 2.38. The van der Waals surface area contributed by atoms with Crippen molar-refractivity contribution in [3.8, 4) is 0 Å². The molecule has 0 N–H and O–H groups in total. The van der Waals surface area contributed by atoms with Gasteiger partial charge < -0.3 is 0 Å². The van der Waals surface area contributed by atoms with E-state index in [0.29, 0.717) is 0 Å². The minimum absolute atomic E-state index is 0.895. The van der Waals surface area contributed by atoms with E-state index in [9.17, 15) is 0 Å². The van der Waals surface area contributed by atoms with Gasteiger partial charge in [0, 0.05) is 0 Å². The maximum atomic E-state index is 2.38. The van der Waals surface area contributed by atoms with Gasteiger partial charge in [0.25, 0.3) is 0 Å². The van der Waals surface area contributed by atoms with Crippen LogP contribution in [-0.2, 0) is 0 Å². The van der Waals surface area contributed by atoms with Gasteiger partial charge in [-0.05, 0) is 78.5 Å². The van der Waals surface area contributed by atoms with E-state index in [0.717, 1.165) is 0 Å². The van der Waals surface area contributed by atoms with Crippen LogP contribution in [0.5, 0.6) is 0 Å². The molecule has 0 aliphatic carbocycles. The summed E-state index contributed by atoms with van der Waals surface area (Å²) in [4.78, 5) is 2.92. The molecule has 0 aliphatic heterocycles. The predicted molar refractivity (Wildman–Crippen MR) is 83.1 cm³/mol. The second kappa shape index (κ2) is 4.81. The summed E-state index contributed by atoms with van der Waals surface area (Å²) in [5.74, 6) is 0. The predicted octanol–water partition coefficient (Wildman–Crippen LogP) is 5.09. The van der Waals surface area contributed by atoms with Crippen LogP contribution in [0, 0.1) is 20.8 Å². The fourth-order valence-corrected chi connectivity index (χ4v) is 4.01. The van der Waals surface area contributed by atoms with Gasteiger partial charge >= 0.3 is 0 Å². The molecule has 0 spiro atoms. The van der Waals surface area contributed by atoms with Crippen molar-refractivity contribution in [3.63, 3.8) is 0 Å². The van der Waals surface area contributed by atoms with Crippen molar-refractivity contribution < 1.29 is 0 Å². The molecule has 2 aromatic carbocycles. The van der Waals surface area contributed by atoms with E-state index in [2.05, 4.69) is 75.7 Å². The highest BCUT2D eigenvalue weighted by Crippen LogP contribution is 2.56. The lowest BCUT2D eigenvalue weighted by Gasteiger charge is -2.33. The molecule has 0 unspecified atom stereocenters. The second-order valence-corrected chi connectivity index (χ2v) is 8.98. The van der Waals surface area contributed by atoms with Crippen molar-refractivity contribution in [2.75, 3.05) is 12.5 Å². The minimum atomic E-state index is -0.895. The molecule has 2 aromatic rings. The Morgan fingerprint density at radius 3 is 1.78 bits per heavy atom. The third-order valence-corrected chi connectivity index (χ3v) is 6.56. The number of rotatable bonds is 2. The highest BCUT2D eigenvalue weighted by Gasteiger charge is 2.17. The van der Waals surface area contributed by atoms with Crippen LogP contribution in [0.1, 0.15) is 16.7 Å². The van der Waals surface area contributed by atoms with Gasteiger partial charge in [0.15, 0.2) is 0 Å². The molecular weight excluding hydrogens is 236 g/mol. The summed E-state index contributed by atoms with van der Waals surface area (Å²) >= 11 is 0. The van der Waals surface area contributed by atoms with Gasteiger partial charge in [0.2, 0.25) is 0 Å². The number of hydrogen-bond acceptors (Lipinski definition) is 0. The Labute approximate surface area is 112 Å². The first-order chi connectivity index (χ1) is 8.41. The smallest absolute Gasteiger partial charge is 0.00613 e. The summed E-state index contributed by atoms with van der Waals surface area (Å²) in [6.45, 7) is 6.51. The van der Waals surface area contributed by atoms with E-state index >= 15 is 0 Å². The molecule has 0 radical (unpaired) electrons. The fourth-order valence-electron chi connectivity index (χ4n) is 2.05. The van der Waals surface area contributed by atoms with Crippen molar-refractivity contribution in [2.45, 2.75) is 30.6 Å². The molecule has 0 nitrogen and oxygen atoms in total. The summed E-state index contributed by atoms with van der Waals surface area (Å²) in [7, 11) is -0.895. The first-order valence-corrected chi connectivity index (χ1v) is 8.73. The number of aryl methyl sites for hydroxylation is 3. The third kappa shape index (κ3) is 2.46. The molecule has 2 rings (SSSR count). The van der Waals surface area contributed by atoms with Crippen molar-refractivity contribution in [2.24, 2.45) is 0 Å². The molecule has 96 valence electrons. The SMILES string of the molecule is Cc1ccc(S(C)(C)c2ccc(C)c(C)c2)cc1. The molecule has 0 amide bonds. The van der Waals surface area contributed by atoms with Crippen molar-refractivity contribution >= 4 is 10.0 Å². The quantitative estimate of drug-likeness (QED) is 0.703. The van der Waals surface area contributed by atoms with E-state index < -0.39 is 10.0 Å². The highest BCUT2D eigenvalue weighted by atomic mass is 32.3. The fraction of sp³-hybridized carbons (Fsp3) is 0.294. The summed E-state index contributed by atoms with van der Waals surface area (Å²) in [6.07, 6.45) is 4.75. The van der Waals surface area contributed by atoms with Gasteiger partial charge in [-0.1, -0.05) is 23.8 Å². The van der Waals surface area contributed by atoms with E-state index in [1.54, 1.807) is 0 Å². The van der Waals surface area contributed by atoms with E-state index in [-0.39, 0.29) is 0 Å². The molecule has 0 saturated carbocycles. The van der Waals surface area contributed by atoms with Gasteiger partial charge in [-0.15, -0.1) is 0 Å². The molecule has 0 heterocycles. The Morgan fingerprint density at radius 2 is 1.22 bits per heavy atom. The first kappa shape index (κ1) is 13.2. The zero-order valence-corrected chi connectivity index (χ0v) is 12.8. The zero-order valence-electron chi connectivity index (χ0n) is 11.9. The second-order valence-electron chi connectivity index (χ2n) is 5.39. The van der Waals surface area contributed by atoms with Gasteiger partial charge in [-0.25, -0.2) is 0 Å². The third-order valence-electron chi connectivity index (χ3n) is 3.68. The van der Waals surface area contributed by atoms with Crippen molar-refractivity contribution in [1.82, 2.24) is 0 Å². The molecular formula is C17H22S. The van der Waals surface area contributed by atoms with E-state index in [4.69, 9.17) is 0 Å². The Kier molecular flexibility index (Phi) is 3.54. The molecule has 0 fully saturated rings. The Hall–Kier alpha value is -1.21. The van der Waals surface area contributed by atoms with Gasteiger partial charge in [0.05, 0.1) is 0 Å². The molecule has 1 heteroatoms. The number of benzene rings is 2. The Bertz CT molecular complexity index is 550. The molecule has 0 atom stereocenters. The van der Waals surface area contributed by atoms with Crippen LogP contribution in [0.25, 0.3) is 0 Å². The summed E-state index contributed by atoms with van der Waals surface area (Å²) in [5, 5.41) is 0. The summed E-state index contributed by atoms with van der Waals surface area (Å²) in [6, 6.07) is 15.9. The van der Waals surface area contributed by atoms with Crippen LogP contribution in [-0.4, -0.2) is 12.5 Å². The van der Waals surface area contributed by atoms with E-state index in [1.165, 1.54) is 26.5 Å². The molecule has 0 bridgehead atoms. The monoisotopic (exact) mass is 258 g/mol. The van der Waals surface area contributed by atoms with Crippen LogP contribution in [0.15, 0.2) is 52.3 Å². The maximum Gasteiger partial charge on any atom is -0.00613 e. The van der Waals surface area contributed by atoms with E-state index in [1.807, 2.05) is 0 Å². The largest absolute Gasteiger partial charge is 0.194 e. The molecule has 0 saturated heterocycles. The number of hydrogen-bond donors (Lipinski definition) is 0.